The van der Waals surface area contributed by atoms with Gasteiger partial charge in [-0.3, -0.25) is 21.7 Å². The van der Waals surface area contributed by atoms with Crippen LogP contribution in [0, 0.1) is 13.8 Å². The van der Waals surface area contributed by atoms with E-state index in [2.05, 4.69) is 39.1 Å². The van der Waals surface area contributed by atoms with Crippen LogP contribution in [0.25, 0.3) is 10.8 Å². The average molecular weight is 1000 g/mol. The van der Waals surface area contributed by atoms with Crippen LogP contribution in [0.3, 0.4) is 0 Å². The molecule has 348 valence electrons. The van der Waals surface area contributed by atoms with Crippen LogP contribution in [0.2, 0.25) is 0 Å². The highest BCUT2D eigenvalue weighted by molar-refractivity contribution is 7.87. The molecule has 0 saturated carbocycles. The lowest BCUT2D eigenvalue weighted by Gasteiger charge is -2.16. The van der Waals surface area contributed by atoms with Gasteiger partial charge in [-0.1, -0.05) is 23.8 Å². The number of fused-ring (bicyclic) bond motifs is 1. The fourth-order valence-electron chi connectivity index (χ4n) is 5.96. The summed E-state index contributed by atoms with van der Waals surface area (Å²) in [4.78, 5) is -2.14. The molecule has 0 saturated heterocycles. The van der Waals surface area contributed by atoms with Crippen LogP contribution in [0.1, 0.15) is 22.3 Å². The van der Waals surface area contributed by atoms with E-state index in [-0.39, 0.29) is 39.6 Å². The van der Waals surface area contributed by atoms with Gasteiger partial charge in [-0.25, -0.2) is 0 Å². The number of hydrogen-bond acceptors (Lipinski definition) is 22. The number of phenols is 1. The van der Waals surface area contributed by atoms with Crippen molar-refractivity contribution in [3.63, 3.8) is 0 Å². The molecule has 0 fully saturated rings. The molecule has 0 amide bonds. The molecule has 0 aliphatic heterocycles. The van der Waals surface area contributed by atoms with Gasteiger partial charge < -0.3 is 15.6 Å². The number of methoxy groups -OCH3 is 1. The highest BCUT2D eigenvalue weighted by atomic mass is 32.2. The molecule has 24 nitrogen and oxygen atoms in total. The van der Waals surface area contributed by atoms with Gasteiger partial charge in [0.2, 0.25) is 0 Å². The Balaban J connectivity index is 1.69. The number of phenolic OH excluding ortho intramolecular Hbond substituents is 1. The van der Waals surface area contributed by atoms with Gasteiger partial charge in [0.1, 0.15) is 54.7 Å². The van der Waals surface area contributed by atoms with Crippen molar-refractivity contribution in [2.75, 3.05) is 34.2 Å². The Morgan fingerprint density at radius 3 is 1.71 bits per heavy atom. The molecule has 0 aliphatic carbocycles. The van der Waals surface area contributed by atoms with Gasteiger partial charge in [0.05, 0.1) is 50.9 Å². The summed E-state index contributed by atoms with van der Waals surface area (Å²) in [7, 11) is -19.4. The second kappa shape index (κ2) is 18.9. The predicted octanol–water partition coefficient (Wildman–Crippen LogP) is 6.78. The zero-order chi connectivity index (χ0) is 48.4. The molecule has 5 aromatic rings. The monoisotopic (exact) mass is 999 g/mol. The first-order chi connectivity index (χ1) is 30.1. The number of azo groups is 3. The van der Waals surface area contributed by atoms with Gasteiger partial charge >= 0.3 is 0 Å². The minimum absolute atomic E-state index is 0.0278. The number of aromatic hydroxyl groups is 1. The molecule has 0 bridgehead atoms. The Labute approximate surface area is 372 Å². The maximum absolute atomic E-state index is 13.4. The van der Waals surface area contributed by atoms with E-state index in [9.17, 15) is 56.3 Å². The molecule has 0 aromatic heterocycles. The van der Waals surface area contributed by atoms with Gasteiger partial charge in [0.15, 0.2) is 5.75 Å². The maximum atomic E-state index is 13.4. The van der Waals surface area contributed by atoms with Crippen molar-refractivity contribution in [3.05, 3.63) is 82.9 Å². The van der Waals surface area contributed by atoms with Crippen LogP contribution in [0.5, 0.6) is 11.5 Å². The van der Waals surface area contributed by atoms with Crippen LogP contribution in [0.15, 0.2) is 106 Å². The van der Waals surface area contributed by atoms with E-state index in [1.165, 1.54) is 44.4 Å². The Morgan fingerprint density at radius 2 is 1.11 bits per heavy atom. The molecule has 65 heavy (non-hydrogen) atoms. The number of anilines is 1. The number of ether oxygens (including phenoxy) is 1. The molecule has 0 unspecified atom stereocenters. The van der Waals surface area contributed by atoms with E-state index in [0.717, 1.165) is 51.7 Å². The van der Waals surface area contributed by atoms with Crippen molar-refractivity contribution < 1.29 is 73.6 Å². The number of rotatable bonds is 17. The Bertz CT molecular complexity index is 3420. The zero-order valence-corrected chi connectivity index (χ0v) is 38.6. The van der Waals surface area contributed by atoms with E-state index in [0.29, 0.717) is 11.1 Å². The number of nitrogens with two attached hydrogens (primary N) is 1. The number of nitrogens with zero attached hydrogens (tertiary/aromatic N) is 6. The van der Waals surface area contributed by atoms with Gasteiger partial charge in [-0.05, 0) is 66.9 Å². The molecular weight excluding hydrogens is 963 g/mol. The highest BCUT2D eigenvalue weighted by Gasteiger charge is 2.30. The summed E-state index contributed by atoms with van der Waals surface area (Å²) in [5, 5.41) is 34.9. The molecule has 0 spiro atoms. The highest BCUT2D eigenvalue weighted by Crippen LogP contribution is 2.49. The molecule has 0 aliphatic rings. The summed E-state index contributed by atoms with van der Waals surface area (Å²) in [6, 6.07) is 11.7. The summed E-state index contributed by atoms with van der Waals surface area (Å²) in [5.41, 5.74) is 5.06. The van der Waals surface area contributed by atoms with Gasteiger partial charge in [0.25, 0.3) is 50.6 Å². The van der Waals surface area contributed by atoms with Gasteiger partial charge in [-0.15, -0.1) is 20.5 Å². The Hall–Kier alpha value is -5.89. The number of nitrogen functional groups attached to an aromatic ring is 1. The summed E-state index contributed by atoms with van der Waals surface area (Å²) in [6.45, 7) is 3.15. The molecular formula is C36H37N7O17S5. The van der Waals surface area contributed by atoms with E-state index in [1.54, 1.807) is 6.92 Å². The van der Waals surface area contributed by atoms with E-state index in [4.69, 9.17) is 14.7 Å². The first kappa shape index (κ1) is 50.1. The summed E-state index contributed by atoms with van der Waals surface area (Å²) < 4.78 is 163. The third-order valence-electron chi connectivity index (χ3n) is 9.02. The minimum Gasteiger partial charge on any atom is -0.505 e. The van der Waals surface area contributed by atoms with Crippen LogP contribution in [-0.4, -0.2) is 84.7 Å². The van der Waals surface area contributed by atoms with Crippen LogP contribution in [0.4, 0.5) is 39.8 Å². The van der Waals surface area contributed by atoms with Crippen LogP contribution < -0.4 is 10.5 Å². The fraction of sp³-hybridized carbons (Fsp3) is 0.222. The van der Waals surface area contributed by atoms with Crippen molar-refractivity contribution in [2.24, 2.45) is 30.7 Å². The van der Waals surface area contributed by atoms with Crippen molar-refractivity contribution in [2.45, 2.75) is 40.0 Å². The molecule has 0 radical (unpaired) electrons. The Morgan fingerprint density at radius 1 is 0.554 bits per heavy atom. The van der Waals surface area contributed by atoms with E-state index in [1.807, 2.05) is 0 Å². The normalized spacial score (nSPS) is 13.2. The molecule has 5 N–H and O–H groups in total. The lowest BCUT2D eigenvalue weighted by atomic mass is 10.0. The van der Waals surface area contributed by atoms with Crippen molar-refractivity contribution in [1.29, 1.82) is 0 Å². The molecule has 0 atom stereocenters. The van der Waals surface area contributed by atoms with Crippen LogP contribution >= 0.6 is 0 Å². The van der Waals surface area contributed by atoms with Gasteiger partial charge in [-0.2, -0.15) is 52.3 Å². The number of benzene rings is 5. The molecule has 5 aromatic carbocycles. The zero-order valence-electron chi connectivity index (χ0n) is 34.5. The smallest absolute Gasteiger partial charge is 0.299 e. The first-order valence-electron chi connectivity index (χ1n) is 17.8. The molecule has 29 heteroatoms. The second-order valence-electron chi connectivity index (χ2n) is 13.5. The SMILES string of the molecule is COc1cc(N=Nc2cc(CS(=O)(=O)O)ccc2S(=O)(=O)OC)c(C)cc1N=Nc1cc(S(=O)(=O)OC)c2cc(S(=O)(=O)OC)c(N=Nc3ccc(C)cc3CS(=O)(=O)O)c(O)c2c1N. The molecule has 5 rings (SSSR count). The predicted molar refractivity (Wildman–Crippen MR) is 231 cm³/mol. The van der Waals surface area contributed by atoms with Crippen molar-refractivity contribution >= 4 is 101 Å². The third-order valence-corrected chi connectivity index (χ3v) is 14.3. The number of hydrogen-bond donors (Lipinski definition) is 4. The van der Waals surface area contributed by atoms with Crippen molar-refractivity contribution in [3.8, 4) is 11.5 Å². The lowest BCUT2D eigenvalue weighted by Crippen LogP contribution is -2.07. The summed E-state index contributed by atoms with van der Waals surface area (Å²) >= 11 is 0. The fourth-order valence-corrected chi connectivity index (χ4v) is 9.64. The number of aryl methyl sites for hydroxylation is 2. The van der Waals surface area contributed by atoms with E-state index < -0.39 is 110 Å². The third kappa shape index (κ3) is 11.5. The average Bonchev–Trinajstić information content (AvgIpc) is 3.21. The quantitative estimate of drug-likeness (QED) is 0.0322. The largest absolute Gasteiger partial charge is 0.505 e. The molecule has 0 heterocycles. The van der Waals surface area contributed by atoms with Crippen molar-refractivity contribution in [1.82, 2.24) is 0 Å². The van der Waals surface area contributed by atoms with Gasteiger partial charge in [0, 0.05) is 11.5 Å². The van der Waals surface area contributed by atoms with Crippen LogP contribution in [-0.2, 0) is 74.6 Å². The summed E-state index contributed by atoms with van der Waals surface area (Å²) in [5.74, 6) is -2.87. The Kier molecular flexibility index (Phi) is 14.6. The lowest BCUT2D eigenvalue weighted by molar-refractivity contribution is 0.396. The minimum atomic E-state index is -4.84. The standard InChI is InChI=1S/C36H37N7O17S5/c1-19-7-9-24(22(11-19)18-62(48,49)50)38-43-35-32(65(55,56)60-6)14-23-31(64(53,54)59-5)16-28(34(37)33(23)36(35)44)42-40-26-12-20(2)25(15-29(26)57-3)39-41-27-13-21(17-61(45,46)47)8-10-30(27)63(51,52)58-4/h7-16,44H,17-18,37H2,1-6H3,(H,45,46,47)(H,48,49,50). The second-order valence-corrected chi connectivity index (χ2v) is 21.4. The summed E-state index contributed by atoms with van der Waals surface area (Å²) in [6.07, 6.45) is 0. The first-order valence-corrected chi connectivity index (χ1v) is 25.2. The van der Waals surface area contributed by atoms with E-state index >= 15 is 0 Å². The topological polar surface area (TPSA) is 368 Å². The maximum Gasteiger partial charge on any atom is 0.299 e.